The van der Waals surface area contributed by atoms with Gasteiger partial charge < -0.3 is 10.5 Å². The molecule has 0 bridgehead atoms. The van der Waals surface area contributed by atoms with E-state index in [4.69, 9.17) is 10.5 Å². The molecule has 94 valence electrons. The zero-order valence-corrected chi connectivity index (χ0v) is 11.4. The summed E-state index contributed by atoms with van der Waals surface area (Å²) in [5, 5.41) is 0. The topological polar surface area (TPSA) is 35.2 Å². The first kappa shape index (κ1) is 13.1. The van der Waals surface area contributed by atoms with Crippen LogP contribution in [0.1, 0.15) is 18.5 Å². The number of rotatable bonds is 3. The average molecular weight is 310 g/mol. The second kappa shape index (κ2) is 5.50. The van der Waals surface area contributed by atoms with E-state index in [1.165, 1.54) is 12.1 Å². The van der Waals surface area contributed by atoms with Gasteiger partial charge in [-0.3, -0.25) is 0 Å². The van der Waals surface area contributed by atoms with Gasteiger partial charge in [-0.15, -0.1) is 0 Å². The molecule has 0 spiro atoms. The van der Waals surface area contributed by atoms with Gasteiger partial charge in [-0.2, -0.15) is 0 Å². The van der Waals surface area contributed by atoms with Gasteiger partial charge in [0.1, 0.15) is 17.3 Å². The van der Waals surface area contributed by atoms with Gasteiger partial charge in [0.2, 0.25) is 0 Å². The molecule has 0 saturated carbocycles. The lowest BCUT2D eigenvalue weighted by Gasteiger charge is -2.14. The van der Waals surface area contributed by atoms with Crippen molar-refractivity contribution >= 4 is 15.9 Å². The van der Waals surface area contributed by atoms with E-state index in [1.54, 1.807) is 12.1 Å². The van der Waals surface area contributed by atoms with Crippen molar-refractivity contribution in [3.05, 3.63) is 58.3 Å². The summed E-state index contributed by atoms with van der Waals surface area (Å²) in [4.78, 5) is 0. The normalized spacial score (nSPS) is 12.2. The summed E-state index contributed by atoms with van der Waals surface area (Å²) in [5.74, 6) is 0.964. The van der Waals surface area contributed by atoms with Crippen LogP contribution in [0, 0.1) is 5.82 Å². The Labute approximate surface area is 114 Å². The van der Waals surface area contributed by atoms with Crippen molar-refractivity contribution in [2.75, 3.05) is 0 Å². The lowest BCUT2D eigenvalue weighted by Crippen LogP contribution is -2.06. The van der Waals surface area contributed by atoms with Crippen molar-refractivity contribution in [2.45, 2.75) is 13.0 Å². The Balaban J connectivity index is 2.32. The van der Waals surface area contributed by atoms with E-state index in [-0.39, 0.29) is 11.9 Å². The lowest BCUT2D eigenvalue weighted by molar-refractivity contribution is 0.470. The van der Waals surface area contributed by atoms with Crippen molar-refractivity contribution in [3.63, 3.8) is 0 Å². The van der Waals surface area contributed by atoms with E-state index in [0.717, 1.165) is 10.0 Å². The lowest BCUT2D eigenvalue weighted by atomic mass is 10.1. The predicted octanol–water partition coefficient (Wildman–Crippen LogP) is 4.40. The van der Waals surface area contributed by atoms with Gasteiger partial charge in [0.25, 0.3) is 0 Å². The maximum absolute atomic E-state index is 12.8. The quantitative estimate of drug-likeness (QED) is 0.912. The number of benzene rings is 2. The van der Waals surface area contributed by atoms with Gasteiger partial charge in [0, 0.05) is 16.1 Å². The van der Waals surface area contributed by atoms with Crippen molar-refractivity contribution in [1.29, 1.82) is 0 Å². The number of halogens is 2. The minimum absolute atomic E-state index is 0.131. The molecule has 2 aromatic carbocycles. The molecule has 2 rings (SSSR count). The molecule has 0 radical (unpaired) electrons. The average Bonchev–Trinajstić information content (AvgIpc) is 2.32. The Kier molecular flexibility index (Phi) is 3.99. The fourth-order valence-corrected chi connectivity index (χ4v) is 1.94. The number of hydrogen-bond donors (Lipinski definition) is 1. The highest BCUT2D eigenvalue weighted by molar-refractivity contribution is 9.10. The standard InChI is InChI=1S/C14H13BrFNO/c1-9(17)13-7-2-10(15)8-14(13)18-12-5-3-11(16)4-6-12/h2-9H,17H2,1H3. The molecule has 4 heteroatoms. The van der Waals surface area contributed by atoms with Gasteiger partial charge in [0.05, 0.1) is 0 Å². The number of ether oxygens (including phenoxy) is 1. The molecule has 18 heavy (non-hydrogen) atoms. The predicted molar refractivity (Wildman–Crippen MR) is 73.2 cm³/mol. The zero-order chi connectivity index (χ0) is 13.1. The summed E-state index contributed by atoms with van der Waals surface area (Å²) in [6.07, 6.45) is 0. The summed E-state index contributed by atoms with van der Waals surface area (Å²) in [7, 11) is 0. The molecule has 1 atom stereocenters. The Morgan fingerprint density at radius 2 is 1.83 bits per heavy atom. The maximum Gasteiger partial charge on any atom is 0.133 e. The van der Waals surface area contributed by atoms with Crippen LogP contribution in [-0.4, -0.2) is 0 Å². The summed E-state index contributed by atoms with van der Waals surface area (Å²) >= 11 is 3.39. The molecule has 0 amide bonds. The summed E-state index contributed by atoms with van der Waals surface area (Å²) in [6, 6.07) is 11.4. The fraction of sp³-hybridized carbons (Fsp3) is 0.143. The highest BCUT2D eigenvalue weighted by Gasteiger charge is 2.09. The van der Waals surface area contributed by atoms with Gasteiger partial charge in [-0.05, 0) is 43.3 Å². The zero-order valence-electron chi connectivity index (χ0n) is 9.86. The third-order valence-electron chi connectivity index (χ3n) is 2.51. The van der Waals surface area contributed by atoms with E-state index in [0.29, 0.717) is 11.5 Å². The number of hydrogen-bond acceptors (Lipinski definition) is 2. The van der Waals surface area contributed by atoms with Crippen molar-refractivity contribution in [2.24, 2.45) is 5.73 Å². The minimum atomic E-state index is -0.288. The van der Waals surface area contributed by atoms with Gasteiger partial charge in [0.15, 0.2) is 0 Å². The third kappa shape index (κ3) is 3.09. The van der Waals surface area contributed by atoms with Crippen molar-refractivity contribution in [1.82, 2.24) is 0 Å². The Morgan fingerprint density at radius 1 is 1.17 bits per heavy atom. The van der Waals surface area contributed by atoms with Crippen LogP contribution in [0.3, 0.4) is 0 Å². The second-order valence-electron chi connectivity index (χ2n) is 4.03. The van der Waals surface area contributed by atoms with Crippen molar-refractivity contribution < 1.29 is 9.13 Å². The molecule has 0 heterocycles. The van der Waals surface area contributed by atoms with Crippen LogP contribution in [0.25, 0.3) is 0 Å². The minimum Gasteiger partial charge on any atom is -0.457 e. The molecule has 0 saturated heterocycles. The second-order valence-corrected chi connectivity index (χ2v) is 4.94. The van der Waals surface area contributed by atoms with Crippen LogP contribution >= 0.6 is 15.9 Å². The molecular weight excluding hydrogens is 297 g/mol. The molecule has 0 aliphatic carbocycles. The fourth-order valence-electron chi connectivity index (χ4n) is 1.60. The smallest absolute Gasteiger partial charge is 0.133 e. The van der Waals surface area contributed by atoms with Crippen LogP contribution in [0.5, 0.6) is 11.5 Å². The Morgan fingerprint density at radius 3 is 2.44 bits per heavy atom. The first-order chi connectivity index (χ1) is 8.56. The molecule has 0 aliphatic heterocycles. The number of nitrogens with two attached hydrogens (primary N) is 1. The van der Waals surface area contributed by atoms with E-state index < -0.39 is 0 Å². The first-order valence-electron chi connectivity index (χ1n) is 5.54. The maximum atomic E-state index is 12.8. The van der Waals surface area contributed by atoms with E-state index >= 15 is 0 Å². The molecule has 0 aromatic heterocycles. The molecule has 1 unspecified atom stereocenters. The monoisotopic (exact) mass is 309 g/mol. The van der Waals surface area contributed by atoms with Gasteiger partial charge >= 0.3 is 0 Å². The molecule has 2 N–H and O–H groups in total. The van der Waals surface area contributed by atoms with Gasteiger partial charge in [-0.25, -0.2) is 4.39 Å². The largest absolute Gasteiger partial charge is 0.457 e. The van der Waals surface area contributed by atoms with Crippen molar-refractivity contribution in [3.8, 4) is 11.5 Å². The summed E-state index contributed by atoms with van der Waals surface area (Å²) in [5.41, 5.74) is 6.79. The molecule has 2 nitrogen and oxygen atoms in total. The molecular formula is C14H13BrFNO. The van der Waals surface area contributed by atoms with Crippen LogP contribution in [0.2, 0.25) is 0 Å². The molecule has 0 fully saturated rings. The van der Waals surface area contributed by atoms with E-state index in [1.807, 2.05) is 25.1 Å². The Bertz CT molecular complexity index is 540. The first-order valence-corrected chi connectivity index (χ1v) is 6.34. The SMILES string of the molecule is CC(N)c1ccc(Br)cc1Oc1ccc(F)cc1. The highest BCUT2D eigenvalue weighted by atomic mass is 79.9. The van der Waals surface area contributed by atoms with Gasteiger partial charge in [-0.1, -0.05) is 22.0 Å². The van der Waals surface area contributed by atoms with E-state index in [2.05, 4.69) is 15.9 Å². The summed E-state index contributed by atoms with van der Waals surface area (Å²) < 4.78 is 19.5. The third-order valence-corrected chi connectivity index (χ3v) is 3.00. The Hall–Kier alpha value is -1.39. The molecule has 2 aromatic rings. The van der Waals surface area contributed by atoms with Crippen LogP contribution in [0.4, 0.5) is 4.39 Å². The molecule has 0 aliphatic rings. The summed E-state index contributed by atoms with van der Waals surface area (Å²) in [6.45, 7) is 1.89. The highest BCUT2D eigenvalue weighted by Crippen LogP contribution is 2.31. The van der Waals surface area contributed by atoms with Crippen LogP contribution in [0.15, 0.2) is 46.9 Å². The van der Waals surface area contributed by atoms with E-state index in [9.17, 15) is 4.39 Å². The van der Waals surface area contributed by atoms with Crippen LogP contribution in [-0.2, 0) is 0 Å². The van der Waals surface area contributed by atoms with Crippen LogP contribution < -0.4 is 10.5 Å².